The molecule has 98 valence electrons. The number of hydrogen-bond donors (Lipinski definition) is 2. The molecule has 0 aromatic heterocycles. The first-order valence-electron chi connectivity index (χ1n) is 5.96. The van der Waals surface area contributed by atoms with Crippen molar-refractivity contribution >= 4 is 21.8 Å². The Morgan fingerprint density at radius 3 is 2.78 bits per heavy atom. The molecule has 1 saturated carbocycles. The first-order valence-corrected chi connectivity index (χ1v) is 6.76. The van der Waals surface area contributed by atoms with Crippen LogP contribution in [0.1, 0.15) is 36.0 Å². The zero-order valence-electron chi connectivity index (χ0n) is 9.88. The molecule has 1 amide bonds. The fourth-order valence-electron chi connectivity index (χ4n) is 2.23. The number of nitrogens with one attached hydrogen (secondary N) is 1. The van der Waals surface area contributed by atoms with Crippen LogP contribution in [-0.2, 0) is 0 Å². The molecule has 5 heteroatoms. The number of benzene rings is 1. The summed E-state index contributed by atoms with van der Waals surface area (Å²) in [6, 6.07) is 4.57. The quantitative estimate of drug-likeness (QED) is 0.901. The highest BCUT2D eigenvalue weighted by atomic mass is 79.9. The molecule has 3 nitrogen and oxygen atoms in total. The maximum absolute atomic E-state index is 13.7. The van der Waals surface area contributed by atoms with Crippen molar-refractivity contribution in [3.8, 4) is 0 Å². The molecule has 1 aliphatic carbocycles. The van der Waals surface area contributed by atoms with Gasteiger partial charge in [0.25, 0.3) is 5.91 Å². The van der Waals surface area contributed by atoms with Gasteiger partial charge >= 0.3 is 0 Å². The van der Waals surface area contributed by atoms with Gasteiger partial charge in [-0.25, -0.2) is 4.39 Å². The summed E-state index contributed by atoms with van der Waals surface area (Å²) in [5.74, 6) is -1.07. The van der Waals surface area contributed by atoms with Crippen molar-refractivity contribution in [3.63, 3.8) is 0 Å². The smallest absolute Gasteiger partial charge is 0.254 e. The van der Waals surface area contributed by atoms with E-state index in [9.17, 15) is 14.3 Å². The predicted molar refractivity (Wildman–Crippen MR) is 69.9 cm³/mol. The van der Waals surface area contributed by atoms with Crippen molar-refractivity contribution in [1.82, 2.24) is 5.32 Å². The van der Waals surface area contributed by atoms with Crippen LogP contribution in [0.25, 0.3) is 0 Å². The molecular weight excluding hydrogens is 301 g/mol. The lowest BCUT2D eigenvalue weighted by atomic mass is 10.0. The van der Waals surface area contributed by atoms with E-state index in [1.807, 2.05) is 0 Å². The maximum atomic E-state index is 13.7. The van der Waals surface area contributed by atoms with E-state index in [1.54, 1.807) is 6.07 Å². The molecule has 18 heavy (non-hydrogen) atoms. The van der Waals surface area contributed by atoms with E-state index in [1.165, 1.54) is 12.1 Å². The van der Waals surface area contributed by atoms with Gasteiger partial charge in [0.2, 0.25) is 0 Å². The predicted octanol–water partition coefficient (Wildman–Crippen LogP) is 2.62. The molecule has 1 aromatic rings. The van der Waals surface area contributed by atoms with Gasteiger partial charge in [-0.05, 0) is 40.9 Å². The summed E-state index contributed by atoms with van der Waals surface area (Å²) in [6.07, 6.45) is 3.32. The summed E-state index contributed by atoms with van der Waals surface area (Å²) in [5.41, 5.74) is -0.830. The number of aliphatic hydroxyl groups is 1. The van der Waals surface area contributed by atoms with Crippen molar-refractivity contribution in [2.75, 3.05) is 6.54 Å². The molecule has 0 spiro atoms. The summed E-state index contributed by atoms with van der Waals surface area (Å²) in [4.78, 5) is 11.8. The lowest BCUT2D eigenvalue weighted by Gasteiger charge is -2.22. The van der Waals surface area contributed by atoms with Gasteiger partial charge in [0.05, 0.1) is 15.6 Å². The van der Waals surface area contributed by atoms with E-state index >= 15 is 0 Å². The minimum Gasteiger partial charge on any atom is -0.388 e. The number of halogens is 2. The van der Waals surface area contributed by atoms with E-state index < -0.39 is 17.3 Å². The fourth-order valence-corrected chi connectivity index (χ4v) is 2.60. The summed E-state index contributed by atoms with van der Waals surface area (Å²) < 4.78 is 13.9. The Balaban J connectivity index is 2.01. The zero-order valence-corrected chi connectivity index (χ0v) is 11.5. The van der Waals surface area contributed by atoms with Gasteiger partial charge in [0.1, 0.15) is 5.82 Å². The molecule has 1 fully saturated rings. The maximum Gasteiger partial charge on any atom is 0.254 e. The molecule has 0 unspecified atom stereocenters. The first kappa shape index (κ1) is 13.5. The third kappa shape index (κ3) is 2.90. The molecule has 0 radical (unpaired) electrons. The highest BCUT2D eigenvalue weighted by Gasteiger charge is 2.31. The average Bonchev–Trinajstić information content (AvgIpc) is 2.77. The van der Waals surface area contributed by atoms with Crippen LogP contribution in [0.3, 0.4) is 0 Å². The monoisotopic (exact) mass is 315 g/mol. The minimum atomic E-state index is -0.821. The Labute approximate surface area is 114 Å². The lowest BCUT2D eigenvalue weighted by Crippen LogP contribution is -2.41. The van der Waals surface area contributed by atoms with Crippen LogP contribution in [0.4, 0.5) is 4.39 Å². The van der Waals surface area contributed by atoms with Crippen LogP contribution in [0, 0.1) is 5.82 Å². The Kier molecular flexibility index (Phi) is 4.02. The topological polar surface area (TPSA) is 49.3 Å². The van der Waals surface area contributed by atoms with Gasteiger partial charge in [-0.15, -0.1) is 0 Å². The number of amides is 1. The van der Waals surface area contributed by atoms with Gasteiger partial charge < -0.3 is 10.4 Å². The van der Waals surface area contributed by atoms with Gasteiger partial charge in [0.15, 0.2) is 0 Å². The van der Waals surface area contributed by atoms with Crippen molar-refractivity contribution in [2.24, 2.45) is 0 Å². The molecule has 1 aliphatic rings. The second kappa shape index (κ2) is 5.36. The fraction of sp³-hybridized carbons (Fsp3) is 0.462. The summed E-state index contributed by atoms with van der Waals surface area (Å²) in [6.45, 7) is 0.178. The van der Waals surface area contributed by atoms with Crippen LogP contribution in [0.2, 0.25) is 0 Å². The Morgan fingerprint density at radius 1 is 1.44 bits per heavy atom. The van der Waals surface area contributed by atoms with Crippen molar-refractivity contribution in [2.45, 2.75) is 31.3 Å². The highest BCUT2D eigenvalue weighted by Crippen LogP contribution is 2.28. The van der Waals surface area contributed by atoms with Gasteiger partial charge in [-0.3, -0.25) is 4.79 Å². The normalized spacial score (nSPS) is 17.7. The summed E-state index contributed by atoms with van der Waals surface area (Å²) in [7, 11) is 0. The van der Waals surface area contributed by atoms with E-state index in [-0.39, 0.29) is 16.6 Å². The molecule has 1 aromatic carbocycles. The minimum absolute atomic E-state index is 0.00836. The van der Waals surface area contributed by atoms with E-state index in [0.717, 1.165) is 12.8 Å². The molecule has 0 saturated heterocycles. The molecular formula is C13H15BrFNO2. The number of hydrogen-bond acceptors (Lipinski definition) is 2. The summed E-state index contributed by atoms with van der Waals surface area (Å²) in [5, 5.41) is 12.7. The largest absolute Gasteiger partial charge is 0.388 e. The van der Waals surface area contributed by atoms with E-state index in [4.69, 9.17) is 0 Å². The van der Waals surface area contributed by atoms with Gasteiger partial charge in [0, 0.05) is 6.54 Å². The Bertz CT molecular complexity index is 458. The Morgan fingerprint density at radius 2 is 2.11 bits per heavy atom. The summed E-state index contributed by atoms with van der Waals surface area (Å²) >= 11 is 3.04. The second-order valence-electron chi connectivity index (χ2n) is 4.72. The highest BCUT2D eigenvalue weighted by molar-refractivity contribution is 9.10. The van der Waals surface area contributed by atoms with E-state index in [2.05, 4.69) is 21.2 Å². The van der Waals surface area contributed by atoms with Crippen LogP contribution in [0.5, 0.6) is 0 Å². The third-order valence-electron chi connectivity index (χ3n) is 3.31. The van der Waals surface area contributed by atoms with Crippen LogP contribution >= 0.6 is 15.9 Å². The zero-order chi connectivity index (χ0) is 13.2. The molecule has 0 bridgehead atoms. The molecule has 2 rings (SSSR count). The van der Waals surface area contributed by atoms with Crippen molar-refractivity contribution in [3.05, 3.63) is 34.1 Å². The first-order chi connectivity index (χ1) is 8.52. The van der Waals surface area contributed by atoms with Crippen LogP contribution in [-0.4, -0.2) is 23.2 Å². The third-order valence-corrected chi connectivity index (χ3v) is 3.92. The number of carbonyl (C=O) groups excluding carboxylic acids is 1. The Hall–Kier alpha value is -0.940. The van der Waals surface area contributed by atoms with Gasteiger partial charge in [-0.1, -0.05) is 18.9 Å². The number of rotatable bonds is 3. The van der Waals surface area contributed by atoms with Crippen LogP contribution < -0.4 is 5.32 Å². The SMILES string of the molecule is O=C(NCC1(O)CCCC1)c1cccc(Br)c1F. The molecule has 0 aliphatic heterocycles. The van der Waals surface area contributed by atoms with Crippen molar-refractivity contribution < 1.29 is 14.3 Å². The molecule has 2 N–H and O–H groups in total. The average molecular weight is 316 g/mol. The number of carbonyl (C=O) groups is 1. The van der Waals surface area contributed by atoms with E-state index in [0.29, 0.717) is 12.8 Å². The lowest BCUT2D eigenvalue weighted by molar-refractivity contribution is 0.0448. The van der Waals surface area contributed by atoms with Gasteiger partial charge in [-0.2, -0.15) is 0 Å². The second-order valence-corrected chi connectivity index (χ2v) is 5.57. The standard InChI is InChI=1S/C13H15BrFNO2/c14-10-5-3-4-9(11(10)15)12(17)16-8-13(18)6-1-2-7-13/h3-5,18H,1-2,6-8H2,(H,16,17). The molecule has 0 atom stereocenters. The molecule has 0 heterocycles. The van der Waals surface area contributed by atoms with Crippen LogP contribution in [0.15, 0.2) is 22.7 Å². The van der Waals surface area contributed by atoms with Crippen molar-refractivity contribution in [1.29, 1.82) is 0 Å².